The first kappa shape index (κ1) is 24.2. The van der Waals surface area contributed by atoms with Crippen LogP contribution in [-0.2, 0) is 19.9 Å². The highest BCUT2D eigenvalue weighted by atomic mass is 16.3. The molecule has 5 aromatic rings. The van der Waals surface area contributed by atoms with Gasteiger partial charge in [0, 0.05) is 28.5 Å². The van der Waals surface area contributed by atoms with Gasteiger partial charge in [-0.3, -0.25) is 0 Å². The predicted octanol–water partition coefficient (Wildman–Crippen LogP) is 8.61. The van der Waals surface area contributed by atoms with Crippen LogP contribution in [0.3, 0.4) is 0 Å². The highest BCUT2D eigenvalue weighted by Gasteiger charge is 2.30. The Labute approximate surface area is 230 Å². The Morgan fingerprint density at radius 3 is 2.41 bits per heavy atom. The second-order valence-electron chi connectivity index (χ2n) is 11.8. The molecular weight excluding hydrogens is 476 g/mol. The molecule has 0 amide bonds. The minimum absolute atomic E-state index is 0.688. The lowest BCUT2D eigenvalue weighted by Crippen LogP contribution is -2.30. The Bertz CT molecular complexity index is 1760. The Morgan fingerprint density at radius 1 is 0.821 bits per heavy atom. The maximum absolute atomic E-state index is 10.2. The molecule has 1 atom stereocenters. The van der Waals surface area contributed by atoms with E-state index in [9.17, 15) is 5.26 Å². The van der Waals surface area contributed by atoms with Crippen LogP contribution in [0.15, 0.2) is 71.3 Å². The highest BCUT2D eigenvalue weighted by molar-refractivity contribution is 6.14. The van der Waals surface area contributed by atoms with Crippen molar-refractivity contribution in [1.29, 1.82) is 5.26 Å². The van der Waals surface area contributed by atoms with Crippen LogP contribution < -0.4 is 4.57 Å². The van der Waals surface area contributed by atoms with Gasteiger partial charge in [0.05, 0.1) is 17.2 Å². The lowest BCUT2D eigenvalue weighted by Gasteiger charge is -2.34. The van der Waals surface area contributed by atoms with Gasteiger partial charge in [0.25, 0.3) is 0 Å². The summed E-state index contributed by atoms with van der Waals surface area (Å²) in [7, 11) is 2.08. The molecule has 0 bridgehead atoms. The average Bonchev–Trinajstić information content (AvgIpc) is 3.35. The Morgan fingerprint density at radius 2 is 1.62 bits per heavy atom. The molecule has 194 valence electrons. The predicted molar refractivity (Wildman–Crippen MR) is 157 cm³/mol. The van der Waals surface area contributed by atoms with E-state index in [0.717, 1.165) is 57.0 Å². The Balaban J connectivity index is 1.42. The van der Waals surface area contributed by atoms with Crippen molar-refractivity contribution in [3.8, 4) is 28.5 Å². The number of furan rings is 1. The van der Waals surface area contributed by atoms with Crippen LogP contribution in [-0.4, -0.2) is 0 Å². The van der Waals surface area contributed by atoms with Gasteiger partial charge in [0.1, 0.15) is 18.2 Å². The fourth-order valence-electron chi connectivity index (χ4n) is 7.54. The third-order valence-corrected chi connectivity index (χ3v) is 9.56. The van der Waals surface area contributed by atoms with Crippen molar-refractivity contribution in [2.75, 3.05) is 0 Å². The van der Waals surface area contributed by atoms with E-state index in [-0.39, 0.29) is 0 Å². The largest absolute Gasteiger partial charge is 0.454 e. The second-order valence-corrected chi connectivity index (χ2v) is 11.8. The Hall–Kier alpha value is -3.90. The van der Waals surface area contributed by atoms with Gasteiger partial charge >= 0.3 is 0 Å². The van der Waals surface area contributed by atoms with Crippen LogP contribution in [0, 0.1) is 30.1 Å². The lowest BCUT2D eigenvalue weighted by atomic mass is 9.71. The summed E-state index contributed by atoms with van der Waals surface area (Å²) in [5.41, 5.74) is 10.8. The van der Waals surface area contributed by atoms with Crippen LogP contribution in [0.25, 0.3) is 44.3 Å². The number of aromatic nitrogens is 1. The molecule has 1 saturated carbocycles. The van der Waals surface area contributed by atoms with Crippen LogP contribution >= 0.6 is 0 Å². The molecular formula is C36H35N2O+. The molecule has 1 fully saturated rings. The quantitative estimate of drug-likeness (QED) is 0.228. The normalized spacial score (nSPS) is 17.8. The van der Waals surface area contributed by atoms with Crippen molar-refractivity contribution in [3.63, 3.8) is 0 Å². The third-order valence-electron chi connectivity index (χ3n) is 9.56. The molecule has 39 heavy (non-hydrogen) atoms. The number of hydrogen-bond donors (Lipinski definition) is 0. The van der Waals surface area contributed by atoms with Crippen molar-refractivity contribution in [2.24, 2.45) is 18.9 Å². The van der Waals surface area contributed by atoms with Gasteiger partial charge in [-0.05, 0) is 78.5 Å². The topological polar surface area (TPSA) is 40.8 Å². The number of nitriles is 1. The molecule has 1 unspecified atom stereocenters. The van der Waals surface area contributed by atoms with E-state index < -0.39 is 0 Å². The summed E-state index contributed by atoms with van der Waals surface area (Å²) in [5.74, 6) is 1.67. The minimum Gasteiger partial charge on any atom is -0.454 e. The number of benzene rings is 3. The van der Waals surface area contributed by atoms with E-state index in [4.69, 9.17) is 4.42 Å². The molecule has 3 nitrogen and oxygen atoms in total. The number of aryl methyl sites for hydroxylation is 2. The molecule has 0 aliphatic heterocycles. The zero-order valence-electron chi connectivity index (χ0n) is 23.0. The molecule has 7 rings (SSSR count). The van der Waals surface area contributed by atoms with Gasteiger partial charge in [-0.15, -0.1) is 0 Å². The Kier molecular flexibility index (Phi) is 6.00. The average molecular weight is 512 g/mol. The first-order chi connectivity index (χ1) is 19.1. The maximum atomic E-state index is 10.2. The minimum atomic E-state index is 0.688. The third kappa shape index (κ3) is 3.97. The molecule has 0 saturated heterocycles. The smallest absolute Gasteiger partial charge is 0.216 e. The molecule has 0 radical (unpaired) electrons. The number of rotatable bonds is 3. The SMILES string of the molecule is Cc1ccc2c(oc3c(-c4cccc5c4CCC(C4CCCCC4)C5)c(C#N)ccc32)c1-c1cccc[n+]1C. The zero-order chi connectivity index (χ0) is 26.5. The summed E-state index contributed by atoms with van der Waals surface area (Å²) in [6.07, 6.45) is 12.6. The van der Waals surface area contributed by atoms with Gasteiger partial charge in [-0.2, -0.15) is 5.26 Å². The summed E-state index contributed by atoms with van der Waals surface area (Å²) in [5, 5.41) is 12.4. The van der Waals surface area contributed by atoms with Gasteiger partial charge in [-0.1, -0.05) is 62.4 Å². The summed E-state index contributed by atoms with van der Waals surface area (Å²) >= 11 is 0. The van der Waals surface area contributed by atoms with E-state index in [1.807, 2.05) is 12.1 Å². The number of hydrogen-bond acceptors (Lipinski definition) is 2. The van der Waals surface area contributed by atoms with Crippen LogP contribution in [0.2, 0.25) is 0 Å². The molecule has 3 aromatic carbocycles. The number of fused-ring (bicyclic) bond motifs is 4. The first-order valence-corrected chi connectivity index (χ1v) is 14.6. The molecule has 3 heteroatoms. The lowest BCUT2D eigenvalue weighted by molar-refractivity contribution is -0.660. The molecule has 2 aromatic heterocycles. The van der Waals surface area contributed by atoms with E-state index in [2.05, 4.69) is 79.3 Å². The summed E-state index contributed by atoms with van der Waals surface area (Å²) in [6.45, 7) is 2.15. The van der Waals surface area contributed by atoms with Crippen molar-refractivity contribution >= 4 is 21.9 Å². The summed E-state index contributed by atoms with van der Waals surface area (Å²) < 4.78 is 8.99. The molecule has 2 aliphatic rings. The molecule has 2 heterocycles. The first-order valence-electron chi connectivity index (χ1n) is 14.6. The van der Waals surface area contributed by atoms with Crippen molar-refractivity contribution in [2.45, 2.75) is 58.3 Å². The van der Waals surface area contributed by atoms with E-state index in [1.165, 1.54) is 67.2 Å². The fourth-order valence-corrected chi connectivity index (χ4v) is 7.54. The zero-order valence-corrected chi connectivity index (χ0v) is 23.0. The standard InChI is InChI=1S/C36H35N2O/c1-23-14-17-30-31-19-16-27(22-37)34(36(31)39-35(30)33(23)32-13-6-7-20-38(32)2)29-12-8-11-26-21-25(15-18-28(26)29)24-9-4-3-5-10-24/h6-8,11-14,16-17,19-20,24-25H,3-5,9-10,15,18,21H2,1-2H3/q+1. The van der Waals surface area contributed by atoms with Crippen LogP contribution in [0.5, 0.6) is 0 Å². The van der Waals surface area contributed by atoms with E-state index in [1.54, 1.807) is 0 Å². The number of nitrogens with zero attached hydrogens (tertiary/aromatic N) is 2. The van der Waals surface area contributed by atoms with E-state index in [0.29, 0.717) is 5.56 Å². The monoisotopic (exact) mass is 511 g/mol. The van der Waals surface area contributed by atoms with Gasteiger partial charge in [0.2, 0.25) is 5.69 Å². The van der Waals surface area contributed by atoms with Gasteiger partial charge < -0.3 is 4.42 Å². The highest BCUT2D eigenvalue weighted by Crippen LogP contribution is 2.45. The van der Waals surface area contributed by atoms with Crippen LogP contribution in [0.1, 0.15) is 60.8 Å². The van der Waals surface area contributed by atoms with Crippen molar-refractivity contribution in [1.82, 2.24) is 0 Å². The molecule has 0 spiro atoms. The van der Waals surface area contributed by atoms with E-state index >= 15 is 0 Å². The van der Waals surface area contributed by atoms with Gasteiger partial charge in [0.15, 0.2) is 6.20 Å². The summed E-state index contributed by atoms with van der Waals surface area (Å²) in [4.78, 5) is 0. The summed E-state index contributed by atoms with van der Waals surface area (Å²) in [6, 6.07) is 23.9. The molecule has 2 aliphatic carbocycles. The van der Waals surface area contributed by atoms with Gasteiger partial charge in [-0.25, -0.2) is 4.57 Å². The maximum Gasteiger partial charge on any atom is 0.216 e. The molecule has 0 N–H and O–H groups in total. The van der Waals surface area contributed by atoms with Crippen LogP contribution in [0.4, 0.5) is 0 Å². The second kappa shape index (κ2) is 9.69. The van der Waals surface area contributed by atoms with Crippen molar-refractivity contribution < 1.29 is 8.98 Å². The fraction of sp³-hybridized carbons (Fsp3) is 0.333. The number of pyridine rings is 1. The van der Waals surface area contributed by atoms with Crippen molar-refractivity contribution in [3.05, 3.63) is 89.1 Å².